The minimum Gasteiger partial charge on any atom is -0.456 e. The van der Waals surface area contributed by atoms with Crippen molar-refractivity contribution in [2.24, 2.45) is 0 Å². The van der Waals surface area contributed by atoms with Crippen LogP contribution in [0.15, 0.2) is 30.3 Å². The Morgan fingerprint density at radius 3 is 2.43 bits per heavy atom. The van der Waals surface area contributed by atoms with Crippen LogP contribution in [-0.4, -0.2) is 0 Å². The molecule has 0 bridgehead atoms. The lowest BCUT2D eigenvalue weighted by Crippen LogP contribution is -1.95. The van der Waals surface area contributed by atoms with Crippen LogP contribution in [0.3, 0.4) is 0 Å². The van der Waals surface area contributed by atoms with E-state index in [1.54, 1.807) is 18.2 Å². The Hall–Kier alpha value is -1.69. The van der Waals surface area contributed by atoms with Crippen molar-refractivity contribution in [1.29, 1.82) is 5.26 Å². The third-order valence-electron chi connectivity index (χ3n) is 3.20. The van der Waals surface area contributed by atoms with Crippen molar-refractivity contribution in [3.63, 3.8) is 0 Å². The standard InChI is InChI=1S/C17H15Cl2NO/c1-10(2)14-8-17(11(3)6-15(14)19)21-16-5-4-13(18)7-12(16)9-20/h4-8,10H,1-3H3. The molecule has 0 aliphatic rings. The minimum absolute atomic E-state index is 0.293. The summed E-state index contributed by atoms with van der Waals surface area (Å²) in [4.78, 5) is 0. The molecule has 2 rings (SSSR count). The van der Waals surface area contributed by atoms with Gasteiger partial charge in [0.15, 0.2) is 0 Å². The maximum atomic E-state index is 9.17. The molecule has 21 heavy (non-hydrogen) atoms. The van der Waals surface area contributed by atoms with Crippen LogP contribution in [0, 0.1) is 18.3 Å². The Kier molecular flexibility index (Phi) is 4.77. The predicted molar refractivity (Wildman–Crippen MR) is 86.5 cm³/mol. The molecule has 108 valence electrons. The highest BCUT2D eigenvalue weighted by molar-refractivity contribution is 6.31. The first-order valence-electron chi connectivity index (χ1n) is 6.60. The number of aryl methyl sites for hydroxylation is 1. The topological polar surface area (TPSA) is 33.0 Å². The third-order valence-corrected chi connectivity index (χ3v) is 3.76. The Bertz CT molecular complexity index is 717. The molecule has 0 heterocycles. The van der Waals surface area contributed by atoms with Gasteiger partial charge in [0.2, 0.25) is 0 Å². The zero-order valence-electron chi connectivity index (χ0n) is 12.1. The van der Waals surface area contributed by atoms with E-state index in [2.05, 4.69) is 19.9 Å². The summed E-state index contributed by atoms with van der Waals surface area (Å²) in [5.74, 6) is 1.48. The average Bonchev–Trinajstić information content (AvgIpc) is 2.42. The zero-order valence-corrected chi connectivity index (χ0v) is 13.6. The zero-order chi connectivity index (χ0) is 15.6. The van der Waals surface area contributed by atoms with E-state index in [1.165, 1.54) is 0 Å². The summed E-state index contributed by atoms with van der Waals surface area (Å²) in [7, 11) is 0. The van der Waals surface area contributed by atoms with E-state index in [1.807, 2.05) is 19.1 Å². The van der Waals surface area contributed by atoms with Gasteiger partial charge in [-0.05, 0) is 54.3 Å². The predicted octanol–water partition coefficient (Wildman–Crippen LogP) is 6.09. The Morgan fingerprint density at radius 2 is 1.81 bits per heavy atom. The lowest BCUT2D eigenvalue weighted by molar-refractivity contribution is 0.476. The van der Waals surface area contributed by atoms with Gasteiger partial charge in [-0.3, -0.25) is 0 Å². The van der Waals surface area contributed by atoms with E-state index in [-0.39, 0.29) is 0 Å². The summed E-state index contributed by atoms with van der Waals surface area (Å²) < 4.78 is 5.89. The van der Waals surface area contributed by atoms with Crippen LogP contribution in [0.2, 0.25) is 10.0 Å². The summed E-state index contributed by atoms with van der Waals surface area (Å²) in [5, 5.41) is 10.4. The number of halogens is 2. The second-order valence-electron chi connectivity index (χ2n) is 5.15. The second kappa shape index (κ2) is 6.39. The van der Waals surface area contributed by atoms with Crippen molar-refractivity contribution < 1.29 is 4.74 Å². The molecule has 0 saturated heterocycles. The molecular formula is C17H15Cl2NO. The van der Waals surface area contributed by atoms with Crippen molar-refractivity contribution in [3.8, 4) is 17.6 Å². The number of rotatable bonds is 3. The van der Waals surface area contributed by atoms with Gasteiger partial charge in [-0.2, -0.15) is 5.26 Å². The first kappa shape index (κ1) is 15.7. The van der Waals surface area contributed by atoms with Crippen LogP contribution < -0.4 is 4.74 Å². The van der Waals surface area contributed by atoms with Crippen molar-refractivity contribution in [3.05, 3.63) is 57.1 Å². The highest BCUT2D eigenvalue weighted by Gasteiger charge is 2.12. The van der Waals surface area contributed by atoms with E-state index in [4.69, 9.17) is 33.2 Å². The Morgan fingerprint density at radius 1 is 1.10 bits per heavy atom. The van der Waals surface area contributed by atoms with Crippen LogP contribution in [-0.2, 0) is 0 Å². The fraction of sp³-hybridized carbons (Fsp3) is 0.235. The molecule has 0 atom stereocenters. The number of hydrogen-bond acceptors (Lipinski definition) is 2. The van der Waals surface area contributed by atoms with Crippen molar-refractivity contribution in [2.45, 2.75) is 26.7 Å². The van der Waals surface area contributed by atoms with E-state index >= 15 is 0 Å². The summed E-state index contributed by atoms with van der Waals surface area (Å²) in [6.07, 6.45) is 0. The molecule has 0 saturated carbocycles. The molecule has 0 N–H and O–H groups in total. The Labute approximate surface area is 134 Å². The molecule has 0 aliphatic heterocycles. The van der Waals surface area contributed by atoms with Gasteiger partial charge in [0.25, 0.3) is 0 Å². The highest BCUT2D eigenvalue weighted by atomic mass is 35.5. The smallest absolute Gasteiger partial charge is 0.145 e. The van der Waals surface area contributed by atoms with E-state index in [0.717, 1.165) is 16.1 Å². The number of hydrogen-bond donors (Lipinski definition) is 0. The van der Waals surface area contributed by atoms with E-state index in [0.29, 0.717) is 28.0 Å². The molecule has 2 aromatic carbocycles. The maximum Gasteiger partial charge on any atom is 0.145 e. The van der Waals surface area contributed by atoms with Crippen LogP contribution in [0.1, 0.15) is 36.5 Å². The van der Waals surface area contributed by atoms with Gasteiger partial charge >= 0.3 is 0 Å². The lowest BCUT2D eigenvalue weighted by atomic mass is 10.0. The second-order valence-corrected chi connectivity index (χ2v) is 5.99. The third kappa shape index (κ3) is 3.50. The minimum atomic E-state index is 0.293. The fourth-order valence-electron chi connectivity index (χ4n) is 2.02. The van der Waals surface area contributed by atoms with E-state index in [9.17, 15) is 0 Å². The van der Waals surface area contributed by atoms with Gasteiger partial charge in [0, 0.05) is 10.0 Å². The summed E-state index contributed by atoms with van der Waals surface area (Å²) in [5.41, 5.74) is 2.34. The fourth-order valence-corrected chi connectivity index (χ4v) is 2.63. The van der Waals surface area contributed by atoms with Crippen LogP contribution >= 0.6 is 23.2 Å². The maximum absolute atomic E-state index is 9.17. The monoisotopic (exact) mass is 319 g/mol. The number of benzene rings is 2. The first-order chi connectivity index (χ1) is 9.92. The van der Waals surface area contributed by atoms with Crippen LogP contribution in [0.5, 0.6) is 11.5 Å². The number of nitrogens with zero attached hydrogens (tertiary/aromatic N) is 1. The average molecular weight is 320 g/mol. The largest absolute Gasteiger partial charge is 0.456 e. The van der Waals surface area contributed by atoms with Gasteiger partial charge in [-0.15, -0.1) is 0 Å². The number of nitriles is 1. The lowest BCUT2D eigenvalue weighted by Gasteiger charge is -2.15. The molecule has 0 aliphatic carbocycles. The van der Waals surface area contributed by atoms with Crippen molar-refractivity contribution >= 4 is 23.2 Å². The van der Waals surface area contributed by atoms with Gasteiger partial charge < -0.3 is 4.74 Å². The summed E-state index contributed by atoms with van der Waals surface area (Å²) in [6, 6.07) is 10.9. The molecule has 0 fully saturated rings. The molecule has 2 nitrogen and oxygen atoms in total. The van der Waals surface area contributed by atoms with Gasteiger partial charge in [-0.1, -0.05) is 37.0 Å². The molecule has 0 amide bonds. The molecule has 0 unspecified atom stereocenters. The molecule has 0 radical (unpaired) electrons. The molecule has 0 spiro atoms. The normalized spacial score (nSPS) is 10.5. The first-order valence-corrected chi connectivity index (χ1v) is 7.35. The molecule has 2 aromatic rings. The van der Waals surface area contributed by atoms with Crippen molar-refractivity contribution in [2.75, 3.05) is 0 Å². The van der Waals surface area contributed by atoms with Crippen LogP contribution in [0.25, 0.3) is 0 Å². The van der Waals surface area contributed by atoms with Crippen molar-refractivity contribution in [1.82, 2.24) is 0 Å². The molecule has 4 heteroatoms. The quantitative estimate of drug-likeness (QED) is 0.685. The van der Waals surface area contributed by atoms with E-state index < -0.39 is 0 Å². The summed E-state index contributed by atoms with van der Waals surface area (Å²) >= 11 is 12.1. The molecule has 0 aromatic heterocycles. The molecular weight excluding hydrogens is 305 g/mol. The number of ether oxygens (including phenoxy) is 1. The SMILES string of the molecule is Cc1cc(Cl)c(C(C)C)cc1Oc1ccc(Cl)cc1C#N. The van der Waals surface area contributed by atoms with Gasteiger partial charge in [-0.25, -0.2) is 0 Å². The Balaban J connectivity index is 2.45. The summed E-state index contributed by atoms with van der Waals surface area (Å²) in [6.45, 7) is 6.07. The highest BCUT2D eigenvalue weighted by Crippen LogP contribution is 2.35. The van der Waals surface area contributed by atoms with Crippen LogP contribution in [0.4, 0.5) is 0 Å². The van der Waals surface area contributed by atoms with Gasteiger partial charge in [0.05, 0.1) is 5.56 Å². The van der Waals surface area contributed by atoms with Gasteiger partial charge in [0.1, 0.15) is 17.6 Å².